The first-order valence-electron chi connectivity index (χ1n) is 5.49. The van der Waals surface area contributed by atoms with Crippen molar-refractivity contribution in [3.8, 4) is 0 Å². The minimum atomic E-state index is 0.198. The van der Waals surface area contributed by atoms with E-state index in [-0.39, 0.29) is 11.7 Å². The van der Waals surface area contributed by atoms with Gasteiger partial charge in [0.2, 0.25) is 0 Å². The minimum Gasteiger partial charge on any atom is -0.330 e. The second-order valence-corrected chi connectivity index (χ2v) is 4.76. The average Bonchev–Trinajstić information content (AvgIpc) is 2.22. The van der Waals surface area contributed by atoms with Crippen LogP contribution < -0.4 is 5.73 Å². The van der Waals surface area contributed by atoms with Gasteiger partial charge in [-0.15, -0.1) is 0 Å². The van der Waals surface area contributed by atoms with Gasteiger partial charge in [-0.1, -0.05) is 30.7 Å². The number of carbonyl (C=O) groups excluding carboxylic acids is 1. The number of hydrogen-bond donors (Lipinski definition) is 1. The first-order valence-corrected chi connectivity index (χ1v) is 5.87. The molecule has 0 bridgehead atoms. The number of hydrogen-bond acceptors (Lipinski definition) is 2. The van der Waals surface area contributed by atoms with Gasteiger partial charge in [0.15, 0.2) is 0 Å². The Morgan fingerprint density at radius 3 is 2.75 bits per heavy atom. The Morgan fingerprint density at radius 2 is 2.19 bits per heavy atom. The Labute approximate surface area is 102 Å². The summed E-state index contributed by atoms with van der Waals surface area (Å²) in [5.41, 5.74) is 7.50. The Hall–Kier alpha value is -0.860. The van der Waals surface area contributed by atoms with E-state index in [1.165, 1.54) is 0 Å². The number of rotatable bonds is 5. The maximum absolute atomic E-state index is 11.7. The van der Waals surface area contributed by atoms with E-state index in [1.54, 1.807) is 0 Å². The third-order valence-corrected chi connectivity index (χ3v) is 2.93. The SMILES string of the molecule is Cc1ccc(CC(=O)CC(C)CN)c(Cl)c1. The van der Waals surface area contributed by atoms with E-state index < -0.39 is 0 Å². The zero-order valence-electron chi connectivity index (χ0n) is 9.79. The quantitative estimate of drug-likeness (QED) is 0.859. The molecule has 0 aliphatic carbocycles. The van der Waals surface area contributed by atoms with Gasteiger partial charge < -0.3 is 5.73 Å². The van der Waals surface area contributed by atoms with E-state index in [1.807, 2.05) is 32.0 Å². The van der Waals surface area contributed by atoms with Crippen LogP contribution in [0.15, 0.2) is 18.2 Å². The highest BCUT2D eigenvalue weighted by Crippen LogP contribution is 2.19. The molecule has 0 aromatic heterocycles. The molecule has 0 saturated heterocycles. The molecule has 3 heteroatoms. The van der Waals surface area contributed by atoms with Crippen LogP contribution in [0.3, 0.4) is 0 Å². The van der Waals surface area contributed by atoms with Crippen LogP contribution in [-0.4, -0.2) is 12.3 Å². The van der Waals surface area contributed by atoms with Gasteiger partial charge in [-0.25, -0.2) is 0 Å². The van der Waals surface area contributed by atoms with Crippen molar-refractivity contribution in [1.29, 1.82) is 0 Å². The molecule has 2 N–H and O–H groups in total. The van der Waals surface area contributed by atoms with Crippen LogP contribution in [0.25, 0.3) is 0 Å². The highest BCUT2D eigenvalue weighted by Gasteiger charge is 2.10. The molecule has 0 heterocycles. The number of Topliss-reactive ketones (excluding diaryl/α,β-unsaturated/α-hetero) is 1. The van der Waals surface area contributed by atoms with Crippen LogP contribution in [0.5, 0.6) is 0 Å². The van der Waals surface area contributed by atoms with Gasteiger partial charge in [-0.2, -0.15) is 0 Å². The highest BCUT2D eigenvalue weighted by molar-refractivity contribution is 6.31. The summed E-state index contributed by atoms with van der Waals surface area (Å²) >= 11 is 6.07. The Balaban J connectivity index is 2.63. The molecule has 0 spiro atoms. The molecule has 0 aliphatic heterocycles. The van der Waals surface area contributed by atoms with Crippen LogP contribution in [0.2, 0.25) is 5.02 Å². The number of aryl methyl sites for hydroxylation is 1. The van der Waals surface area contributed by atoms with E-state index in [0.717, 1.165) is 11.1 Å². The molecule has 1 aromatic rings. The lowest BCUT2D eigenvalue weighted by Crippen LogP contribution is -2.16. The van der Waals surface area contributed by atoms with E-state index in [9.17, 15) is 4.79 Å². The number of carbonyl (C=O) groups is 1. The fraction of sp³-hybridized carbons (Fsp3) is 0.462. The van der Waals surface area contributed by atoms with Crippen molar-refractivity contribution < 1.29 is 4.79 Å². The summed E-state index contributed by atoms with van der Waals surface area (Å²) in [6.45, 7) is 4.51. The maximum atomic E-state index is 11.7. The molecule has 1 atom stereocenters. The third kappa shape index (κ3) is 3.95. The summed E-state index contributed by atoms with van der Waals surface area (Å²) in [5, 5.41) is 0.675. The van der Waals surface area contributed by atoms with Crippen LogP contribution in [-0.2, 0) is 11.2 Å². The van der Waals surface area contributed by atoms with Gasteiger partial charge in [0.25, 0.3) is 0 Å². The van der Waals surface area contributed by atoms with E-state index in [2.05, 4.69) is 0 Å². The number of nitrogens with two attached hydrogens (primary N) is 1. The van der Waals surface area contributed by atoms with Gasteiger partial charge in [0.1, 0.15) is 5.78 Å². The van der Waals surface area contributed by atoms with Crippen molar-refractivity contribution in [2.75, 3.05) is 6.54 Å². The lowest BCUT2D eigenvalue weighted by atomic mass is 9.99. The minimum absolute atomic E-state index is 0.198. The van der Waals surface area contributed by atoms with Gasteiger partial charge in [-0.05, 0) is 36.6 Å². The fourth-order valence-corrected chi connectivity index (χ4v) is 1.85. The number of halogens is 1. The lowest BCUT2D eigenvalue weighted by molar-refractivity contribution is -0.119. The van der Waals surface area contributed by atoms with Crippen LogP contribution in [0.4, 0.5) is 0 Å². The third-order valence-electron chi connectivity index (χ3n) is 2.57. The van der Waals surface area contributed by atoms with Crippen LogP contribution in [0.1, 0.15) is 24.5 Å². The van der Waals surface area contributed by atoms with Crippen molar-refractivity contribution in [1.82, 2.24) is 0 Å². The second kappa shape index (κ2) is 6.02. The van der Waals surface area contributed by atoms with Crippen molar-refractivity contribution in [3.63, 3.8) is 0 Å². The molecule has 0 radical (unpaired) electrons. The molecule has 0 fully saturated rings. The lowest BCUT2D eigenvalue weighted by Gasteiger charge is -2.08. The van der Waals surface area contributed by atoms with Crippen molar-refractivity contribution in [2.24, 2.45) is 11.7 Å². The summed E-state index contributed by atoms with van der Waals surface area (Å²) in [5.74, 6) is 0.445. The zero-order valence-corrected chi connectivity index (χ0v) is 10.6. The summed E-state index contributed by atoms with van der Waals surface area (Å²) in [4.78, 5) is 11.7. The topological polar surface area (TPSA) is 43.1 Å². The molecule has 2 nitrogen and oxygen atoms in total. The summed E-state index contributed by atoms with van der Waals surface area (Å²) < 4.78 is 0. The van der Waals surface area contributed by atoms with E-state index in [4.69, 9.17) is 17.3 Å². The van der Waals surface area contributed by atoms with Crippen LogP contribution in [0, 0.1) is 12.8 Å². The highest BCUT2D eigenvalue weighted by atomic mass is 35.5. The zero-order chi connectivity index (χ0) is 12.1. The molecule has 1 rings (SSSR count). The van der Waals surface area contributed by atoms with E-state index in [0.29, 0.717) is 24.4 Å². The summed E-state index contributed by atoms with van der Waals surface area (Å²) in [6.07, 6.45) is 0.935. The van der Waals surface area contributed by atoms with Crippen LogP contribution >= 0.6 is 11.6 Å². The van der Waals surface area contributed by atoms with Gasteiger partial charge in [0, 0.05) is 17.9 Å². The molecule has 1 unspecified atom stereocenters. The van der Waals surface area contributed by atoms with E-state index >= 15 is 0 Å². The average molecular weight is 240 g/mol. The number of benzene rings is 1. The predicted molar refractivity (Wildman–Crippen MR) is 67.7 cm³/mol. The Bertz CT molecular complexity index is 376. The molecule has 0 aliphatic rings. The summed E-state index contributed by atoms with van der Waals surface area (Å²) in [6, 6.07) is 5.78. The molecule has 88 valence electrons. The smallest absolute Gasteiger partial charge is 0.137 e. The van der Waals surface area contributed by atoms with Crippen molar-refractivity contribution in [2.45, 2.75) is 26.7 Å². The monoisotopic (exact) mass is 239 g/mol. The predicted octanol–water partition coefficient (Wildman–Crippen LogP) is 2.74. The van der Waals surface area contributed by atoms with Gasteiger partial charge >= 0.3 is 0 Å². The largest absolute Gasteiger partial charge is 0.330 e. The normalized spacial score (nSPS) is 12.5. The fourth-order valence-electron chi connectivity index (χ4n) is 1.55. The first kappa shape index (κ1) is 13.2. The second-order valence-electron chi connectivity index (χ2n) is 4.36. The number of ketones is 1. The van der Waals surface area contributed by atoms with Gasteiger partial charge in [-0.3, -0.25) is 4.79 Å². The standard InChI is InChI=1S/C13H18ClNO/c1-9-3-4-11(13(14)6-9)7-12(16)5-10(2)8-15/h3-4,6,10H,5,7-8,15H2,1-2H3. The molecular weight excluding hydrogens is 222 g/mol. The molecule has 1 aromatic carbocycles. The molecular formula is C13H18ClNO. The van der Waals surface area contributed by atoms with Crippen molar-refractivity contribution >= 4 is 17.4 Å². The van der Waals surface area contributed by atoms with Crippen molar-refractivity contribution in [3.05, 3.63) is 34.3 Å². The molecule has 0 amide bonds. The molecule has 0 saturated carbocycles. The first-order chi connectivity index (χ1) is 7.52. The van der Waals surface area contributed by atoms with Gasteiger partial charge in [0.05, 0.1) is 0 Å². The summed E-state index contributed by atoms with van der Waals surface area (Å²) in [7, 11) is 0. The Kier molecular flexibility index (Phi) is 4.97. The Morgan fingerprint density at radius 1 is 1.50 bits per heavy atom. The maximum Gasteiger partial charge on any atom is 0.137 e. The molecule has 16 heavy (non-hydrogen) atoms.